The molecule has 9 rings (SSSR count). The van der Waals surface area contributed by atoms with Crippen LogP contribution in [0.25, 0.3) is 76.7 Å². The van der Waals surface area contributed by atoms with Gasteiger partial charge in [-0.25, -0.2) is 0 Å². The van der Waals surface area contributed by atoms with Crippen LogP contribution in [-0.2, 0) is 0 Å². The number of benzene rings is 6. The number of rotatable bonds is 2. The summed E-state index contributed by atoms with van der Waals surface area (Å²) in [6, 6.07) is 42.9. The minimum Gasteiger partial charge on any atom is -0.309 e. The van der Waals surface area contributed by atoms with Gasteiger partial charge in [0.05, 0.1) is 27.6 Å². The molecule has 0 radical (unpaired) electrons. The highest BCUT2D eigenvalue weighted by molar-refractivity contribution is 6.16. The smallest absolute Gasteiger partial charge is 0.197 e. The Morgan fingerprint density at radius 2 is 1.07 bits per heavy atom. The Morgan fingerprint density at radius 1 is 0.442 bits per heavy atom. The van der Waals surface area contributed by atoms with Crippen molar-refractivity contribution in [1.82, 2.24) is 8.97 Å². The van der Waals surface area contributed by atoms with Crippen LogP contribution in [0.4, 0.5) is 0 Å². The molecule has 0 unspecified atom stereocenters. The monoisotopic (exact) mass is 552 g/mol. The van der Waals surface area contributed by atoms with Crippen molar-refractivity contribution in [2.45, 2.75) is 6.92 Å². The summed E-state index contributed by atoms with van der Waals surface area (Å²) in [5.74, 6) is 0. The standard InChI is InChI=1S/C39H24N2O2/c1-23-14-19-28-34(20-23)41-36-21-31-27-10-5-6-13-33(27)40(26-17-15-25(16-18-26)24-8-3-2-4-9-24)35(31)22-32(36)39(43)30-12-7-11-29(37(30)41)38(28)42/h2-22H,1H3. The molecule has 0 aliphatic rings. The highest BCUT2D eigenvalue weighted by Crippen LogP contribution is 2.36. The lowest BCUT2D eigenvalue weighted by atomic mass is 10.0. The maximum Gasteiger partial charge on any atom is 0.197 e. The molecule has 0 bridgehead atoms. The second kappa shape index (κ2) is 8.63. The molecule has 0 amide bonds. The molecule has 202 valence electrons. The van der Waals surface area contributed by atoms with Crippen molar-refractivity contribution >= 4 is 59.9 Å². The minimum atomic E-state index is -0.0647. The largest absolute Gasteiger partial charge is 0.309 e. The Labute approximate surface area is 245 Å². The molecule has 0 saturated heterocycles. The SMILES string of the molecule is Cc1ccc2c(=O)c3cccc4c(=O)c5cc6c(cc5n(c2c1)c34)c1ccccc1n6-c1ccc(-c2ccccc2)cc1. The van der Waals surface area contributed by atoms with Crippen molar-refractivity contribution in [1.29, 1.82) is 0 Å². The van der Waals surface area contributed by atoms with Gasteiger partial charge in [0.15, 0.2) is 10.9 Å². The quantitative estimate of drug-likeness (QED) is 0.159. The van der Waals surface area contributed by atoms with Gasteiger partial charge < -0.3 is 8.97 Å². The predicted molar refractivity (Wildman–Crippen MR) is 178 cm³/mol. The Balaban J connectivity index is 1.44. The third-order valence-corrected chi connectivity index (χ3v) is 8.90. The molecular weight excluding hydrogens is 528 g/mol. The normalized spacial score (nSPS) is 12.0. The molecule has 3 aromatic heterocycles. The van der Waals surface area contributed by atoms with Crippen LogP contribution < -0.4 is 10.9 Å². The van der Waals surface area contributed by atoms with Gasteiger partial charge in [0, 0.05) is 38.0 Å². The van der Waals surface area contributed by atoms with E-state index in [9.17, 15) is 9.59 Å². The Hall–Kier alpha value is -5.74. The van der Waals surface area contributed by atoms with Crippen LogP contribution in [0.15, 0.2) is 137 Å². The molecule has 0 fully saturated rings. The summed E-state index contributed by atoms with van der Waals surface area (Å²) in [4.78, 5) is 27.8. The van der Waals surface area contributed by atoms with Crippen LogP contribution in [0.1, 0.15) is 5.56 Å². The Bertz CT molecular complexity index is 2700. The molecule has 4 nitrogen and oxygen atoms in total. The van der Waals surface area contributed by atoms with Crippen molar-refractivity contribution in [3.63, 3.8) is 0 Å². The van der Waals surface area contributed by atoms with Gasteiger partial charge in [-0.1, -0.05) is 72.8 Å². The molecule has 4 heteroatoms. The van der Waals surface area contributed by atoms with E-state index in [1.54, 1.807) is 0 Å². The first kappa shape index (κ1) is 23.9. The first-order valence-corrected chi connectivity index (χ1v) is 14.4. The molecule has 0 N–H and O–H groups in total. The average Bonchev–Trinajstić information content (AvgIpc) is 3.37. The van der Waals surface area contributed by atoms with Crippen LogP contribution in [0.5, 0.6) is 0 Å². The third-order valence-electron chi connectivity index (χ3n) is 8.90. The van der Waals surface area contributed by atoms with E-state index in [-0.39, 0.29) is 10.9 Å². The van der Waals surface area contributed by atoms with Crippen LogP contribution in [-0.4, -0.2) is 8.97 Å². The van der Waals surface area contributed by atoms with Gasteiger partial charge in [-0.05, 0) is 78.2 Å². The molecular formula is C39H24N2O2. The van der Waals surface area contributed by atoms with Crippen molar-refractivity contribution < 1.29 is 0 Å². The van der Waals surface area contributed by atoms with E-state index in [4.69, 9.17) is 0 Å². The number of hydrogen-bond acceptors (Lipinski definition) is 2. The van der Waals surface area contributed by atoms with Gasteiger partial charge in [-0.3, -0.25) is 9.59 Å². The fraction of sp³-hybridized carbons (Fsp3) is 0.0256. The lowest BCUT2D eigenvalue weighted by Crippen LogP contribution is -2.14. The van der Waals surface area contributed by atoms with E-state index in [1.165, 1.54) is 5.56 Å². The average molecular weight is 553 g/mol. The van der Waals surface area contributed by atoms with Crippen molar-refractivity contribution in [2.75, 3.05) is 0 Å². The summed E-state index contributed by atoms with van der Waals surface area (Å²) in [7, 11) is 0. The highest BCUT2D eigenvalue weighted by atomic mass is 16.1. The summed E-state index contributed by atoms with van der Waals surface area (Å²) >= 11 is 0. The van der Waals surface area contributed by atoms with Crippen LogP contribution in [0, 0.1) is 6.92 Å². The number of hydrogen-bond donors (Lipinski definition) is 0. The zero-order valence-corrected chi connectivity index (χ0v) is 23.3. The molecule has 0 atom stereocenters. The van der Waals surface area contributed by atoms with E-state index >= 15 is 0 Å². The summed E-state index contributed by atoms with van der Waals surface area (Å²) in [6.45, 7) is 2.03. The van der Waals surface area contributed by atoms with Crippen molar-refractivity contribution in [2.24, 2.45) is 0 Å². The molecule has 43 heavy (non-hydrogen) atoms. The summed E-state index contributed by atoms with van der Waals surface area (Å²) in [5, 5.41) is 4.56. The summed E-state index contributed by atoms with van der Waals surface area (Å²) in [6.07, 6.45) is 0. The molecule has 0 spiro atoms. The maximum atomic E-state index is 14.2. The van der Waals surface area contributed by atoms with E-state index in [1.807, 2.05) is 55.5 Å². The molecule has 6 aromatic carbocycles. The first-order chi connectivity index (χ1) is 21.1. The second-order valence-corrected chi connectivity index (χ2v) is 11.4. The molecule has 9 aromatic rings. The van der Waals surface area contributed by atoms with Gasteiger partial charge in [0.1, 0.15) is 0 Å². The molecule has 0 aliphatic carbocycles. The highest BCUT2D eigenvalue weighted by Gasteiger charge is 2.20. The van der Waals surface area contributed by atoms with Crippen LogP contribution >= 0.6 is 0 Å². The van der Waals surface area contributed by atoms with Gasteiger partial charge in [0.25, 0.3) is 0 Å². The number of fused-ring (bicyclic) bond motifs is 7. The fourth-order valence-electron chi connectivity index (χ4n) is 6.91. The molecule has 0 aliphatic heterocycles. The molecule has 3 heterocycles. The molecule has 0 saturated carbocycles. The van der Waals surface area contributed by atoms with Crippen molar-refractivity contribution in [3.8, 4) is 16.8 Å². The zero-order valence-electron chi connectivity index (χ0n) is 23.3. The number of pyridine rings is 2. The van der Waals surface area contributed by atoms with Crippen LogP contribution in [0.2, 0.25) is 0 Å². The first-order valence-electron chi connectivity index (χ1n) is 14.4. The summed E-state index contributed by atoms with van der Waals surface area (Å²) in [5.41, 5.74) is 8.65. The van der Waals surface area contributed by atoms with Gasteiger partial charge in [0.2, 0.25) is 0 Å². The van der Waals surface area contributed by atoms with Gasteiger partial charge in [-0.15, -0.1) is 0 Å². The topological polar surface area (TPSA) is 43.5 Å². The van der Waals surface area contributed by atoms with Gasteiger partial charge >= 0.3 is 0 Å². The number of aromatic nitrogens is 2. The van der Waals surface area contributed by atoms with E-state index in [0.717, 1.165) is 49.7 Å². The summed E-state index contributed by atoms with van der Waals surface area (Å²) < 4.78 is 4.38. The Morgan fingerprint density at radius 3 is 1.86 bits per heavy atom. The van der Waals surface area contributed by atoms with Crippen LogP contribution in [0.3, 0.4) is 0 Å². The number of para-hydroxylation sites is 2. The lowest BCUT2D eigenvalue weighted by molar-refractivity contribution is 1.18. The Kier molecular flexibility index (Phi) is 4.80. The number of nitrogens with zero attached hydrogens (tertiary/aromatic N) is 2. The fourth-order valence-corrected chi connectivity index (χ4v) is 6.91. The zero-order chi connectivity index (χ0) is 28.8. The van der Waals surface area contributed by atoms with E-state index in [0.29, 0.717) is 27.1 Å². The minimum absolute atomic E-state index is 0.0454. The third kappa shape index (κ3) is 3.26. The van der Waals surface area contributed by atoms with Gasteiger partial charge in [-0.2, -0.15) is 0 Å². The van der Waals surface area contributed by atoms with E-state index in [2.05, 4.69) is 87.8 Å². The van der Waals surface area contributed by atoms with E-state index < -0.39 is 0 Å². The lowest BCUT2D eigenvalue weighted by Gasteiger charge is -2.15. The van der Waals surface area contributed by atoms with Crippen molar-refractivity contribution in [3.05, 3.63) is 153 Å². The predicted octanol–water partition coefficient (Wildman–Crippen LogP) is 8.63. The second-order valence-electron chi connectivity index (χ2n) is 11.4. The number of aryl methyl sites for hydroxylation is 1. The maximum absolute atomic E-state index is 14.2.